The molecule has 116 valence electrons. The number of carbonyl (C=O) groups excluding carboxylic acids is 1. The van der Waals surface area contributed by atoms with Crippen molar-refractivity contribution in [2.75, 3.05) is 5.32 Å². The minimum Gasteiger partial charge on any atom is -0.326 e. The number of amides is 1. The molecular weight excluding hydrogens is 317 g/mol. The lowest BCUT2D eigenvalue weighted by atomic mass is 10.1. The first kappa shape index (κ1) is 15.2. The average molecular weight is 330 g/mol. The molecule has 0 saturated heterocycles. The third-order valence-electron chi connectivity index (χ3n) is 3.30. The van der Waals surface area contributed by atoms with Crippen LogP contribution in [0, 0.1) is 5.82 Å². The Morgan fingerprint density at radius 3 is 2.78 bits per heavy atom. The summed E-state index contributed by atoms with van der Waals surface area (Å²) >= 11 is 5.94. The molecule has 3 rings (SSSR count). The Bertz CT molecular complexity index is 813. The Balaban J connectivity index is 1.75. The number of halogens is 2. The van der Waals surface area contributed by atoms with Gasteiger partial charge in [-0.3, -0.25) is 4.79 Å². The fourth-order valence-electron chi connectivity index (χ4n) is 2.21. The van der Waals surface area contributed by atoms with Gasteiger partial charge < -0.3 is 5.32 Å². The van der Waals surface area contributed by atoms with Crippen LogP contribution >= 0.6 is 11.6 Å². The normalized spacial score (nSPS) is 10.5. The van der Waals surface area contributed by atoms with E-state index in [0.29, 0.717) is 5.69 Å². The quantitative estimate of drug-likeness (QED) is 0.790. The SMILES string of the molecule is O=C(Cc1c(F)cccc1Cl)Nc1cccc(-n2cccn2)c1. The zero-order valence-corrected chi connectivity index (χ0v) is 12.8. The lowest BCUT2D eigenvalue weighted by Gasteiger charge is -2.09. The van der Waals surface area contributed by atoms with E-state index in [2.05, 4.69) is 10.4 Å². The van der Waals surface area contributed by atoms with E-state index < -0.39 is 5.82 Å². The molecule has 0 bridgehead atoms. The van der Waals surface area contributed by atoms with Crippen molar-refractivity contribution in [3.63, 3.8) is 0 Å². The highest BCUT2D eigenvalue weighted by molar-refractivity contribution is 6.31. The minimum absolute atomic E-state index is 0.127. The van der Waals surface area contributed by atoms with Crippen LogP contribution in [0.1, 0.15) is 5.56 Å². The van der Waals surface area contributed by atoms with Gasteiger partial charge in [-0.15, -0.1) is 0 Å². The summed E-state index contributed by atoms with van der Waals surface area (Å²) in [6.07, 6.45) is 3.35. The monoisotopic (exact) mass is 329 g/mol. The number of carbonyl (C=O) groups is 1. The number of nitrogens with zero attached hydrogens (tertiary/aromatic N) is 2. The lowest BCUT2D eigenvalue weighted by molar-refractivity contribution is -0.115. The summed E-state index contributed by atoms with van der Waals surface area (Å²) < 4.78 is 15.4. The highest BCUT2D eigenvalue weighted by atomic mass is 35.5. The second kappa shape index (κ2) is 6.62. The molecule has 0 aliphatic heterocycles. The van der Waals surface area contributed by atoms with Crippen molar-refractivity contribution >= 4 is 23.2 Å². The van der Waals surface area contributed by atoms with E-state index in [4.69, 9.17) is 11.6 Å². The predicted molar refractivity (Wildman–Crippen MR) is 87.3 cm³/mol. The molecule has 1 N–H and O–H groups in total. The molecule has 0 atom stereocenters. The number of nitrogens with one attached hydrogen (secondary N) is 1. The Morgan fingerprint density at radius 1 is 1.22 bits per heavy atom. The van der Waals surface area contributed by atoms with E-state index in [-0.39, 0.29) is 22.9 Å². The lowest BCUT2D eigenvalue weighted by Crippen LogP contribution is -2.15. The van der Waals surface area contributed by atoms with Crippen LogP contribution in [0.4, 0.5) is 10.1 Å². The van der Waals surface area contributed by atoms with Crippen molar-refractivity contribution < 1.29 is 9.18 Å². The third kappa shape index (κ3) is 3.57. The molecule has 3 aromatic rings. The number of anilines is 1. The second-order valence-corrected chi connectivity index (χ2v) is 5.33. The van der Waals surface area contributed by atoms with Gasteiger partial charge >= 0.3 is 0 Å². The van der Waals surface area contributed by atoms with Gasteiger partial charge in [0.05, 0.1) is 12.1 Å². The number of aromatic nitrogens is 2. The van der Waals surface area contributed by atoms with Crippen LogP contribution in [-0.4, -0.2) is 15.7 Å². The third-order valence-corrected chi connectivity index (χ3v) is 3.65. The summed E-state index contributed by atoms with van der Waals surface area (Å²) in [5.74, 6) is -0.826. The molecule has 23 heavy (non-hydrogen) atoms. The first-order chi connectivity index (χ1) is 11.1. The Kier molecular flexibility index (Phi) is 4.39. The largest absolute Gasteiger partial charge is 0.326 e. The predicted octanol–water partition coefficient (Wildman–Crippen LogP) is 3.85. The van der Waals surface area contributed by atoms with E-state index in [0.717, 1.165) is 5.69 Å². The van der Waals surface area contributed by atoms with E-state index >= 15 is 0 Å². The van der Waals surface area contributed by atoms with Gasteiger partial charge in [-0.05, 0) is 36.4 Å². The minimum atomic E-state index is -0.488. The van der Waals surface area contributed by atoms with Crippen LogP contribution in [0.25, 0.3) is 5.69 Å². The molecule has 1 heterocycles. The molecule has 1 amide bonds. The maximum Gasteiger partial charge on any atom is 0.228 e. The van der Waals surface area contributed by atoms with Gasteiger partial charge in [-0.2, -0.15) is 5.10 Å². The molecule has 2 aromatic carbocycles. The summed E-state index contributed by atoms with van der Waals surface area (Å²) in [6, 6.07) is 13.4. The molecule has 0 aliphatic carbocycles. The molecule has 6 heteroatoms. The zero-order valence-electron chi connectivity index (χ0n) is 12.0. The van der Waals surface area contributed by atoms with Gasteiger partial charge in [0, 0.05) is 28.7 Å². The maximum atomic E-state index is 13.7. The zero-order chi connectivity index (χ0) is 16.2. The summed E-state index contributed by atoms with van der Waals surface area (Å²) in [4.78, 5) is 12.1. The van der Waals surface area contributed by atoms with Crippen LogP contribution in [0.2, 0.25) is 5.02 Å². The number of rotatable bonds is 4. The van der Waals surface area contributed by atoms with Gasteiger partial charge in [0.15, 0.2) is 0 Å². The van der Waals surface area contributed by atoms with Gasteiger partial charge in [0.25, 0.3) is 0 Å². The molecule has 4 nitrogen and oxygen atoms in total. The van der Waals surface area contributed by atoms with Gasteiger partial charge in [0.2, 0.25) is 5.91 Å². The maximum absolute atomic E-state index is 13.7. The molecule has 0 unspecified atom stereocenters. The first-order valence-corrected chi connectivity index (χ1v) is 7.34. The van der Waals surface area contributed by atoms with E-state index in [9.17, 15) is 9.18 Å². The number of hydrogen-bond acceptors (Lipinski definition) is 2. The molecule has 1 aromatic heterocycles. The van der Waals surface area contributed by atoms with Crippen molar-refractivity contribution in [3.8, 4) is 5.69 Å². The van der Waals surface area contributed by atoms with Crippen molar-refractivity contribution in [2.24, 2.45) is 0 Å². The molecule has 0 saturated carbocycles. The fourth-order valence-corrected chi connectivity index (χ4v) is 2.44. The molecule has 0 fully saturated rings. The molecule has 0 spiro atoms. The van der Waals surface area contributed by atoms with E-state index in [1.165, 1.54) is 12.1 Å². The van der Waals surface area contributed by atoms with Crippen molar-refractivity contribution in [2.45, 2.75) is 6.42 Å². The standard InChI is InChI=1S/C17H13ClFN3O/c18-15-6-2-7-16(19)14(15)11-17(23)21-12-4-1-5-13(10-12)22-9-3-8-20-22/h1-10H,11H2,(H,21,23). The summed E-state index contributed by atoms with van der Waals surface area (Å²) in [6.45, 7) is 0. The number of benzene rings is 2. The Labute approximate surface area is 137 Å². The van der Waals surface area contributed by atoms with E-state index in [1.807, 2.05) is 18.2 Å². The van der Waals surface area contributed by atoms with Gasteiger partial charge in [-0.1, -0.05) is 23.7 Å². The van der Waals surface area contributed by atoms with Gasteiger partial charge in [0.1, 0.15) is 5.82 Å². The fraction of sp³-hybridized carbons (Fsp3) is 0.0588. The van der Waals surface area contributed by atoms with Crippen molar-refractivity contribution in [3.05, 3.63) is 77.3 Å². The second-order valence-electron chi connectivity index (χ2n) is 4.93. The number of hydrogen-bond donors (Lipinski definition) is 1. The van der Waals surface area contributed by atoms with E-state index in [1.54, 1.807) is 35.3 Å². The first-order valence-electron chi connectivity index (χ1n) is 6.96. The van der Waals surface area contributed by atoms with Crippen LogP contribution in [0.5, 0.6) is 0 Å². The topological polar surface area (TPSA) is 46.9 Å². The highest BCUT2D eigenvalue weighted by Gasteiger charge is 2.12. The van der Waals surface area contributed by atoms with Gasteiger partial charge in [-0.25, -0.2) is 9.07 Å². The summed E-state index contributed by atoms with van der Waals surface area (Å²) in [5.41, 5.74) is 1.61. The molecular formula is C17H13ClFN3O. The van der Waals surface area contributed by atoms with Crippen LogP contribution in [0.15, 0.2) is 60.9 Å². The highest BCUT2D eigenvalue weighted by Crippen LogP contribution is 2.20. The Morgan fingerprint density at radius 2 is 2.04 bits per heavy atom. The van der Waals surface area contributed by atoms with Crippen molar-refractivity contribution in [1.29, 1.82) is 0 Å². The Hall–Kier alpha value is -2.66. The molecule has 0 radical (unpaired) electrons. The van der Waals surface area contributed by atoms with Crippen LogP contribution in [0.3, 0.4) is 0 Å². The average Bonchev–Trinajstić information content (AvgIpc) is 3.06. The molecule has 0 aliphatic rings. The summed E-state index contributed by atoms with van der Waals surface area (Å²) in [5, 5.41) is 7.12. The van der Waals surface area contributed by atoms with Crippen LogP contribution < -0.4 is 5.32 Å². The smallest absolute Gasteiger partial charge is 0.228 e. The van der Waals surface area contributed by atoms with Crippen LogP contribution in [-0.2, 0) is 11.2 Å². The summed E-state index contributed by atoms with van der Waals surface area (Å²) in [7, 11) is 0. The van der Waals surface area contributed by atoms with Crippen molar-refractivity contribution in [1.82, 2.24) is 9.78 Å².